The van der Waals surface area contributed by atoms with Gasteiger partial charge >= 0.3 is 0 Å². The fourth-order valence-corrected chi connectivity index (χ4v) is 2.33. The maximum absolute atomic E-state index is 5.79. The van der Waals surface area contributed by atoms with E-state index in [4.69, 9.17) is 14.2 Å². The standard InChI is InChI=1S/C16H16BrNO3/c1-11-14(17)7-8-15(18-11)21-13-9-19-16(20-10-13)12-5-3-2-4-6-12/h2-8,13,16H,9-10H2,1H3. The monoisotopic (exact) mass is 349 g/mol. The number of benzene rings is 1. The van der Waals surface area contributed by atoms with Crippen LogP contribution < -0.4 is 4.74 Å². The second-order valence-electron chi connectivity index (χ2n) is 4.87. The molecule has 1 aliphatic rings. The van der Waals surface area contributed by atoms with Crippen LogP contribution >= 0.6 is 15.9 Å². The molecular weight excluding hydrogens is 334 g/mol. The Balaban J connectivity index is 1.57. The topological polar surface area (TPSA) is 40.6 Å². The molecule has 0 saturated carbocycles. The molecule has 0 amide bonds. The van der Waals surface area contributed by atoms with Crippen LogP contribution in [0, 0.1) is 6.92 Å². The molecule has 21 heavy (non-hydrogen) atoms. The summed E-state index contributed by atoms with van der Waals surface area (Å²) < 4.78 is 18.2. The number of aromatic nitrogens is 1. The summed E-state index contributed by atoms with van der Waals surface area (Å²) in [6, 6.07) is 13.7. The smallest absolute Gasteiger partial charge is 0.213 e. The predicted octanol–water partition coefficient (Wildman–Crippen LogP) is 3.65. The predicted molar refractivity (Wildman–Crippen MR) is 82.2 cm³/mol. The SMILES string of the molecule is Cc1nc(OC2COC(c3ccccc3)OC2)ccc1Br. The van der Waals surface area contributed by atoms with Gasteiger partial charge < -0.3 is 14.2 Å². The molecule has 1 fully saturated rings. The van der Waals surface area contributed by atoms with E-state index >= 15 is 0 Å². The fraction of sp³-hybridized carbons (Fsp3) is 0.312. The molecule has 0 radical (unpaired) electrons. The van der Waals surface area contributed by atoms with Gasteiger partial charge in [-0.05, 0) is 28.9 Å². The summed E-state index contributed by atoms with van der Waals surface area (Å²) in [5.41, 5.74) is 1.92. The number of halogens is 1. The van der Waals surface area contributed by atoms with Crippen molar-refractivity contribution in [2.24, 2.45) is 0 Å². The van der Waals surface area contributed by atoms with Crippen molar-refractivity contribution in [3.63, 3.8) is 0 Å². The zero-order chi connectivity index (χ0) is 14.7. The molecule has 0 N–H and O–H groups in total. The summed E-state index contributed by atoms with van der Waals surface area (Å²) in [4.78, 5) is 4.36. The van der Waals surface area contributed by atoms with Gasteiger partial charge in [0.05, 0.1) is 18.9 Å². The molecule has 110 valence electrons. The Morgan fingerprint density at radius 1 is 1.10 bits per heavy atom. The van der Waals surface area contributed by atoms with Gasteiger partial charge in [0.25, 0.3) is 0 Å². The third-order valence-electron chi connectivity index (χ3n) is 3.22. The molecular formula is C16H16BrNO3. The van der Waals surface area contributed by atoms with Crippen molar-refractivity contribution in [1.82, 2.24) is 4.98 Å². The minimum absolute atomic E-state index is 0.141. The van der Waals surface area contributed by atoms with Gasteiger partial charge in [-0.15, -0.1) is 0 Å². The Bertz CT molecular complexity index is 598. The van der Waals surface area contributed by atoms with Crippen molar-refractivity contribution in [3.05, 3.63) is 58.2 Å². The lowest BCUT2D eigenvalue weighted by Crippen LogP contribution is -2.35. The number of rotatable bonds is 3. The van der Waals surface area contributed by atoms with Crippen molar-refractivity contribution < 1.29 is 14.2 Å². The normalized spacial score (nSPS) is 22.0. The van der Waals surface area contributed by atoms with Crippen LogP contribution in [0.25, 0.3) is 0 Å². The lowest BCUT2D eigenvalue weighted by Gasteiger charge is -2.29. The fourth-order valence-electron chi connectivity index (χ4n) is 2.11. The quantitative estimate of drug-likeness (QED) is 0.847. The van der Waals surface area contributed by atoms with E-state index in [-0.39, 0.29) is 12.4 Å². The van der Waals surface area contributed by atoms with Crippen LogP contribution in [0.5, 0.6) is 5.88 Å². The number of aryl methyl sites for hydroxylation is 1. The highest BCUT2D eigenvalue weighted by Gasteiger charge is 2.25. The molecule has 2 heterocycles. The minimum atomic E-state index is -0.314. The largest absolute Gasteiger partial charge is 0.469 e. The zero-order valence-electron chi connectivity index (χ0n) is 11.7. The van der Waals surface area contributed by atoms with E-state index in [1.165, 1.54) is 0 Å². The van der Waals surface area contributed by atoms with Gasteiger partial charge in [-0.25, -0.2) is 4.98 Å². The van der Waals surface area contributed by atoms with Crippen LogP contribution in [0.4, 0.5) is 0 Å². The average Bonchev–Trinajstić information content (AvgIpc) is 2.53. The summed E-state index contributed by atoms with van der Waals surface area (Å²) >= 11 is 3.42. The van der Waals surface area contributed by atoms with Crippen LogP contribution in [0.15, 0.2) is 46.9 Å². The highest BCUT2D eigenvalue weighted by molar-refractivity contribution is 9.10. The first kappa shape index (κ1) is 14.5. The van der Waals surface area contributed by atoms with Crippen molar-refractivity contribution in [1.29, 1.82) is 0 Å². The number of nitrogens with zero attached hydrogens (tertiary/aromatic N) is 1. The van der Waals surface area contributed by atoms with E-state index in [0.29, 0.717) is 19.1 Å². The van der Waals surface area contributed by atoms with Gasteiger partial charge in [-0.3, -0.25) is 0 Å². The van der Waals surface area contributed by atoms with Crippen LogP contribution in [0.1, 0.15) is 17.5 Å². The van der Waals surface area contributed by atoms with Crippen molar-refractivity contribution in [3.8, 4) is 5.88 Å². The van der Waals surface area contributed by atoms with Gasteiger partial charge in [0.15, 0.2) is 6.29 Å². The first-order chi connectivity index (χ1) is 10.2. The lowest BCUT2D eigenvalue weighted by molar-refractivity contribution is -0.216. The Morgan fingerprint density at radius 2 is 1.81 bits per heavy atom. The van der Waals surface area contributed by atoms with E-state index in [2.05, 4.69) is 20.9 Å². The number of hydrogen-bond donors (Lipinski definition) is 0. The average molecular weight is 350 g/mol. The molecule has 1 aromatic carbocycles. The highest BCUT2D eigenvalue weighted by atomic mass is 79.9. The Morgan fingerprint density at radius 3 is 2.48 bits per heavy atom. The van der Waals surface area contributed by atoms with E-state index < -0.39 is 0 Å². The Labute approximate surface area is 132 Å². The molecule has 1 aromatic heterocycles. The molecule has 3 rings (SSSR count). The van der Waals surface area contributed by atoms with Crippen molar-refractivity contribution in [2.45, 2.75) is 19.3 Å². The molecule has 2 aromatic rings. The molecule has 1 saturated heterocycles. The molecule has 1 aliphatic heterocycles. The van der Waals surface area contributed by atoms with E-state index in [9.17, 15) is 0 Å². The first-order valence-corrected chi connectivity index (χ1v) is 7.59. The number of hydrogen-bond acceptors (Lipinski definition) is 4. The van der Waals surface area contributed by atoms with Gasteiger partial charge in [0, 0.05) is 16.1 Å². The zero-order valence-corrected chi connectivity index (χ0v) is 13.2. The molecule has 4 nitrogen and oxygen atoms in total. The van der Waals surface area contributed by atoms with Crippen molar-refractivity contribution in [2.75, 3.05) is 13.2 Å². The van der Waals surface area contributed by atoms with Gasteiger partial charge in [0.2, 0.25) is 5.88 Å². The van der Waals surface area contributed by atoms with E-state index in [1.54, 1.807) is 0 Å². The first-order valence-electron chi connectivity index (χ1n) is 6.80. The van der Waals surface area contributed by atoms with Gasteiger partial charge in [0.1, 0.15) is 6.10 Å². The van der Waals surface area contributed by atoms with Crippen LogP contribution in [-0.4, -0.2) is 24.3 Å². The van der Waals surface area contributed by atoms with Gasteiger partial charge in [-0.1, -0.05) is 30.3 Å². The van der Waals surface area contributed by atoms with E-state index in [1.807, 2.05) is 49.4 Å². The van der Waals surface area contributed by atoms with Crippen LogP contribution in [-0.2, 0) is 9.47 Å². The lowest BCUT2D eigenvalue weighted by atomic mass is 10.2. The molecule has 5 heteroatoms. The second kappa shape index (κ2) is 6.56. The molecule has 0 aliphatic carbocycles. The van der Waals surface area contributed by atoms with Crippen LogP contribution in [0.2, 0.25) is 0 Å². The Hall–Kier alpha value is -1.43. The molecule has 0 bridgehead atoms. The summed E-state index contributed by atoms with van der Waals surface area (Å²) in [6.07, 6.45) is -0.455. The molecule has 0 spiro atoms. The molecule has 0 unspecified atom stereocenters. The third kappa shape index (κ3) is 3.61. The van der Waals surface area contributed by atoms with E-state index in [0.717, 1.165) is 15.7 Å². The summed E-state index contributed by atoms with van der Waals surface area (Å²) in [5.74, 6) is 0.589. The third-order valence-corrected chi connectivity index (χ3v) is 4.06. The number of pyridine rings is 1. The summed E-state index contributed by atoms with van der Waals surface area (Å²) in [5, 5.41) is 0. The summed E-state index contributed by atoms with van der Waals surface area (Å²) in [6.45, 7) is 2.89. The summed E-state index contributed by atoms with van der Waals surface area (Å²) in [7, 11) is 0. The Kier molecular flexibility index (Phi) is 4.53. The van der Waals surface area contributed by atoms with Crippen LogP contribution in [0.3, 0.4) is 0 Å². The maximum Gasteiger partial charge on any atom is 0.213 e. The number of ether oxygens (including phenoxy) is 3. The highest BCUT2D eigenvalue weighted by Crippen LogP contribution is 2.25. The molecule has 0 atom stereocenters. The maximum atomic E-state index is 5.79. The second-order valence-corrected chi connectivity index (χ2v) is 5.72. The van der Waals surface area contributed by atoms with Gasteiger partial charge in [-0.2, -0.15) is 0 Å². The minimum Gasteiger partial charge on any atom is -0.469 e. The van der Waals surface area contributed by atoms with Crippen molar-refractivity contribution >= 4 is 15.9 Å².